The molecule has 0 atom stereocenters. The van der Waals surface area contributed by atoms with Crippen molar-refractivity contribution in [3.05, 3.63) is 71.4 Å². The molecular weight excluding hydrogens is 352 g/mol. The highest BCUT2D eigenvalue weighted by Crippen LogP contribution is 2.21. The summed E-state index contributed by atoms with van der Waals surface area (Å²) in [4.78, 5) is 12.3. The fourth-order valence-corrected chi connectivity index (χ4v) is 2.58. The topological polar surface area (TPSA) is 79.4 Å². The molecule has 0 unspecified atom stereocenters. The molecule has 6 nitrogen and oxygen atoms in total. The number of aromatic nitrogens is 2. The molecule has 1 aromatic heterocycles. The smallest absolute Gasteiger partial charge is 0.289 e. The van der Waals surface area contributed by atoms with E-state index in [0.717, 1.165) is 29.0 Å². The predicted molar refractivity (Wildman–Crippen MR) is 111 cm³/mol. The number of rotatable bonds is 7. The number of benzene rings is 2. The van der Waals surface area contributed by atoms with Crippen molar-refractivity contribution < 1.29 is 9.53 Å². The maximum absolute atomic E-state index is 12.3. The highest BCUT2D eigenvalue weighted by Gasteiger charge is 2.11. The third-order valence-electron chi connectivity index (χ3n) is 4.24. The molecule has 28 heavy (non-hydrogen) atoms. The van der Waals surface area contributed by atoms with Crippen molar-refractivity contribution >= 4 is 11.6 Å². The monoisotopic (exact) mass is 376 g/mol. The molecule has 0 aliphatic carbocycles. The molecule has 1 heterocycles. The zero-order valence-electron chi connectivity index (χ0n) is 16.3. The molecule has 3 rings (SSSR count). The lowest BCUT2D eigenvalue weighted by Gasteiger charge is -2.04. The van der Waals surface area contributed by atoms with E-state index in [2.05, 4.69) is 27.6 Å². The number of nitrogens with zero attached hydrogens (tertiary/aromatic N) is 2. The first-order valence-electron chi connectivity index (χ1n) is 9.27. The van der Waals surface area contributed by atoms with Crippen molar-refractivity contribution in [3.8, 4) is 17.0 Å². The van der Waals surface area contributed by atoms with E-state index >= 15 is 0 Å². The quantitative estimate of drug-likeness (QED) is 0.476. The first-order chi connectivity index (χ1) is 13.6. The van der Waals surface area contributed by atoms with Crippen molar-refractivity contribution in [1.29, 1.82) is 0 Å². The minimum Gasteiger partial charge on any atom is -0.494 e. The molecule has 3 aromatic rings. The molecule has 0 bridgehead atoms. The number of hydrogen-bond donors (Lipinski definition) is 2. The lowest BCUT2D eigenvalue weighted by atomic mass is 10.1. The van der Waals surface area contributed by atoms with Gasteiger partial charge >= 0.3 is 0 Å². The summed E-state index contributed by atoms with van der Waals surface area (Å²) in [5.74, 6) is 0.480. The van der Waals surface area contributed by atoms with E-state index in [1.54, 1.807) is 6.07 Å². The number of hydrazone groups is 1. The molecule has 0 saturated carbocycles. The Labute approximate surface area is 164 Å². The van der Waals surface area contributed by atoms with Gasteiger partial charge in [-0.25, -0.2) is 5.43 Å². The van der Waals surface area contributed by atoms with Gasteiger partial charge in [0.05, 0.1) is 18.0 Å². The number of nitrogens with one attached hydrogen (secondary N) is 2. The summed E-state index contributed by atoms with van der Waals surface area (Å²) < 4.78 is 5.58. The second-order valence-electron chi connectivity index (χ2n) is 6.54. The van der Waals surface area contributed by atoms with Gasteiger partial charge in [0, 0.05) is 5.56 Å². The SMILES string of the molecule is CCCOc1ccc(-c2cc(C(=O)N/N=C(/C)c3ccc(C)cc3)[nH]n2)cc1. The molecule has 2 N–H and O–H groups in total. The maximum atomic E-state index is 12.3. The Morgan fingerprint density at radius 3 is 2.54 bits per heavy atom. The van der Waals surface area contributed by atoms with Crippen molar-refractivity contribution in [2.75, 3.05) is 6.61 Å². The van der Waals surface area contributed by atoms with Gasteiger partial charge in [-0.05, 0) is 56.2 Å². The van der Waals surface area contributed by atoms with Crippen molar-refractivity contribution in [3.63, 3.8) is 0 Å². The number of carbonyl (C=O) groups is 1. The zero-order valence-corrected chi connectivity index (χ0v) is 16.3. The van der Waals surface area contributed by atoms with E-state index in [1.807, 2.05) is 62.4 Å². The number of carbonyl (C=O) groups excluding carboxylic acids is 1. The predicted octanol–water partition coefficient (Wildman–Crippen LogP) is 4.33. The van der Waals surface area contributed by atoms with Crippen molar-refractivity contribution in [1.82, 2.24) is 15.6 Å². The first-order valence-corrected chi connectivity index (χ1v) is 9.27. The Morgan fingerprint density at radius 2 is 1.86 bits per heavy atom. The summed E-state index contributed by atoms with van der Waals surface area (Å²) in [5, 5.41) is 11.2. The van der Waals surface area contributed by atoms with Crippen LogP contribution in [0.3, 0.4) is 0 Å². The van der Waals surface area contributed by atoms with Crippen LogP contribution in [0.15, 0.2) is 59.7 Å². The zero-order chi connectivity index (χ0) is 19.9. The van der Waals surface area contributed by atoms with Gasteiger partial charge in [-0.3, -0.25) is 9.89 Å². The fraction of sp³-hybridized carbons (Fsp3) is 0.227. The molecule has 1 amide bonds. The molecule has 6 heteroatoms. The fourth-order valence-electron chi connectivity index (χ4n) is 2.58. The molecule has 144 valence electrons. The summed E-state index contributed by atoms with van der Waals surface area (Å²) in [6.07, 6.45) is 0.964. The second kappa shape index (κ2) is 8.99. The average Bonchev–Trinajstić information content (AvgIpc) is 3.21. The Morgan fingerprint density at radius 1 is 1.14 bits per heavy atom. The second-order valence-corrected chi connectivity index (χ2v) is 6.54. The normalized spacial score (nSPS) is 11.3. The standard InChI is InChI=1S/C22H24N4O2/c1-4-13-28-19-11-9-18(10-12-19)20-14-21(25-24-20)22(27)26-23-16(3)17-7-5-15(2)6-8-17/h5-12,14H,4,13H2,1-3H3,(H,24,25)(H,26,27)/b23-16-. The average molecular weight is 376 g/mol. The number of hydrogen-bond acceptors (Lipinski definition) is 4. The number of amides is 1. The van der Waals surface area contributed by atoms with Gasteiger partial charge in [-0.2, -0.15) is 10.2 Å². The van der Waals surface area contributed by atoms with Crippen LogP contribution in [-0.2, 0) is 0 Å². The molecule has 0 radical (unpaired) electrons. The summed E-state index contributed by atoms with van der Waals surface area (Å²) in [5.41, 5.74) is 7.37. The third kappa shape index (κ3) is 4.85. The Balaban J connectivity index is 1.65. The van der Waals surface area contributed by atoms with Crippen molar-refractivity contribution in [2.24, 2.45) is 5.10 Å². The van der Waals surface area contributed by atoms with Crippen LogP contribution in [-0.4, -0.2) is 28.4 Å². The minimum atomic E-state index is -0.340. The highest BCUT2D eigenvalue weighted by molar-refractivity contribution is 6.00. The molecule has 0 aliphatic heterocycles. The minimum absolute atomic E-state index is 0.340. The van der Waals surface area contributed by atoms with Crippen LogP contribution >= 0.6 is 0 Å². The van der Waals surface area contributed by atoms with Gasteiger partial charge < -0.3 is 4.74 Å². The number of aryl methyl sites for hydroxylation is 1. The third-order valence-corrected chi connectivity index (χ3v) is 4.24. The van der Waals surface area contributed by atoms with E-state index in [9.17, 15) is 4.79 Å². The number of ether oxygens (including phenoxy) is 1. The molecule has 0 fully saturated rings. The Hall–Kier alpha value is -3.41. The summed E-state index contributed by atoms with van der Waals surface area (Å²) >= 11 is 0. The molecular formula is C22H24N4O2. The Bertz CT molecular complexity index is 957. The van der Waals surface area contributed by atoms with Gasteiger partial charge in [0.2, 0.25) is 0 Å². The van der Waals surface area contributed by atoms with E-state index in [-0.39, 0.29) is 5.91 Å². The highest BCUT2D eigenvalue weighted by atomic mass is 16.5. The van der Waals surface area contributed by atoms with Gasteiger partial charge in [-0.15, -0.1) is 0 Å². The van der Waals surface area contributed by atoms with E-state index in [4.69, 9.17) is 4.74 Å². The van der Waals surface area contributed by atoms with Crippen LogP contribution in [0.1, 0.15) is 41.9 Å². The lowest BCUT2D eigenvalue weighted by Crippen LogP contribution is -2.19. The molecule has 0 spiro atoms. The van der Waals surface area contributed by atoms with Crippen LogP contribution in [0.5, 0.6) is 5.75 Å². The summed E-state index contributed by atoms with van der Waals surface area (Å²) in [7, 11) is 0. The molecule has 2 aromatic carbocycles. The van der Waals surface area contributed by atoms with Crippen LogP contribution in [0.4, 0.5) is 0 Å². The number of aromatic amines is 1. The molecule has 0 aliphatic rings. The van der Waals surface area contributed by atoms with Crippen LogP contribution in [0.2, 0.25) is 0 Å². The maximum Gasteiger partial charge on any atom is 0.289 e. The summed E-state index contributed by atoms with van der Waals surface area (Å²) in [6, 6.07) is 17.3. The van der Waals surface area contributed by atoms with Crippen molar-refractivity contribution in [2.45, 2.75) is 27.2 Å². The lowest BCUT2D eigenvalue weighted by molar-refractivity contribution is 0.0950. The van der Waals surface area contributed by atoms with Gasteiger partial charge in [0.25, 0.3) is 5.91 Å². The summed E-state index contributed by atoms with van der Waals surface area (Å²) in [6.45, 7) is 6.64. The molecule has 0 saturated heterocycles. The first kappa shape index (κ1) is 19.4. The number of H-pyrrole nitrogens is 1. The van der Waals surface area contributed by atoms with E-state index in [0.29, 0.717) is 18.0 Å². The van der Waals surface area contributed by atoms with E-state index in [1.165, 1.54) is 5.56 Å². The van der Waals surface area contributed by atoms with Crippen LogP contribution < -0.4 is 10.2 Å². The van der Waals surface area contributed by atoms with Crippen LogP contribution in [0.25, 0.3) is 11.3 Å². The van der Waals surface area contributed by atoms with Gasteiger partial charge in [-0.1, -0.05) is 36.8 Å². The van der Waals surface area contributed by atoms with E-state index < -0.39 is 0 Å². The van der Waals surface area contributed by atoms with Crippen LogP contribution in [0, 0.1) is 6.92 Å². The Kier molecular flexibility index (Phi) is 6.22. The largest absolute Gasteiger partial charge is 0.494 e. The van der Waals surface area contributed by atoms with Gasteiger partial charge in [0.1, 0.15) is 11.4 Å². The van der Waals surface area contributed by atoms with Gasteiger partial charge in [0.15, 0.2) is 0 Å².